The number of nitrogens with zero attached hydrogens (tertiary/aromatic N) is 2. The first-order valence-corrected chi connectivity index (χ1v) is 6.90. The molecule has 0 radical (unpaired) electrons. The molecule has 0 aliphatic carbocycles. The van der Waals surface area contributed by atoms with Crippen molar-refractivity contribution < 1.29 is 0 Å². The molecule has 20 heavy (non-hydrogen) atoms. The fraction of sp³-hybridized carbons (Fsp3) is 0.154. The second-order valence-corrected chi connectivity index (χ2v) is 5.23. The Balaban J connectivity index is 2.81. The topological polar surface area (TPSA) is 78.7 Å². The molecule has 0 amide bonds. The summed E-state index contributed by atoms with van der Waals surface area (Å²) in [6.07, 6.45) is 0.405. The van der Waals surface area contributed by atoms with Gasteiger partial charge in [-0.15, -0.1) is 0 Å². The van der Waals surface area contributed by atoms with Crippen LogP contribution in [0.15, 0.2) is 32.3 Å². The lowest BCUT2D eigenvalue weighted by Gasteiger charge is -2.09. The minimum Gasteiger partial charge on any atom is -0.297 e. The lowest BCUT2D eigenvalue weighted by Crippen LogP contribution is -2.36. The summed E-state index contributed by atoms with van der Waals surface area (Å²) in [5.41, 5.74) is 0.0354. The van der Waals surface area contributed by atoms with Crippen molar-refractivity contribution in [3.8, 4) is 11.8 Å². The van der Waals surface area contributed by atoms with Crippen LogP contribution in [0, 0.1) is 11.3 Å². The molecule has 5 nitrogen and oxygen atoms in total. The van der Waals surface area contributed by atoms with Crippen LogP contribution in [0.5, 0.6) is 0 Å². The van der Waals surface area contributed by atoms with E-state index < -0.39 is 11.2 Å². The summed E-state index contributed by atoms with van der Waals surface area (Å²) in [7, 11) is 0. The summed E-state index contributed by atoms with van der Waals surface area (Å²) < 4.78 is 1.48. The minimum atomic E-state index is -0.623. The highest BCUT2D eigenvalue weighted by Crippen LogP contribution is 2.20. The molecule has 1 aromatic heterocycles. The molecule has 0 spiro atoms. The Bertz CT molecular complexity index is 833. The monoisotopic (exact) mass is 353 g/mol. The van der Waals surface area contributed by atoms with Gasteiger partial charge in [0.05, 0.1) is 22.9 Å². The predicted octanol–water partition coefficient (Wildman–Crippen LogP) is 2.38. The Kier molecular flexibility index (Phi) is 4.12. The molecule has 0 saturated carbocycles. The van der Waals surface area contributed by atoms with Crippen LogP contribution in [0.25, 0.3) is 5.69 Å². The Morgan fingerprint density at radius 3 is 2.70 bits per heavy atom. The minimum absolute atomic E-state index is 0.0588. The Morgan fingerprint density at radius 1 is 1.45 bits per heavy atom. The van der Waals surface area contributed by atoms with Gasteiger partial charge >= 0.3 is 5.69 Å². The van der Waals surface area contributed by atoms with Gasteiger partial charge in [0.1, 0.15) is 5.15 Å². The fourth-order valence-electron chi connectivity index (χ4n) is 1.83. The third-order valence-electron chi connectivity index (χ3n) is 2.82. The number of hydrogen-bond donors (Lipinski definition) is 1. The summed E-state index contributed by atoms with van der Waals surface area (Å²) in [5, 5.41) is 8.89. The molecule has 102 valence electrons. The SMILES string of the molecule is CCc1c(Cl)[nH]c(=O)n(-c2ccc(C#N)cc2Br)c1=O. The zero-order valence-corrected chi connectivity index (χ0v) is 12.7. The third kappa shape index (κ3) is 2.42. The number of H-pyrrole nitrogens is 1. The van der Waals surface area contributed by atoms with E-state index in [1.807, 2.05) is 6.07 Å². The van der Waals surface area contributed by atoms with E-state index in [1.54, 1.807) is 13.0 Å². The fourth-order valence-corrected chi connectivity index (χ4v) is 2.68. The molecule has 0 atom stereocenters. The Morgan fingerprint density at radius 2 is 2.15 bits per heavy atom. The van der Waals surface area contributed by atoms with Gasteiger partial charge in [-0.05, 0) is 40.5 Å². The van der Waals surface area contributed by atoms with Crippen molar-refractivity contribution in [2.45, 2.75) is 13.3 Å². The van der Waals surface area contributed by atoms with Gasteiger partial charge in [0, 0.05) is 4.47 Å². The van der Waals surface area contributed by atoms with Gasteiger partial charge in [-0.3, -0.25) is 9.78 Å². The predicted molar refractivity (Wildman–Crippen MR) is 79.5 cm³/mol. The molecule has 2 aromatic rings. The lowest BCUT2D eigenvalue weighted by molar-refractivity contribution is 0.839. The first-order chi connectivity index (χ1) is 9.49. The van der Waals surface area contributed by atoms with Gasteiger partial charge in [0.15, 0.2) is 0 Å². The molecule has 7 heteroatoms. The highest BCUT2D eigenvalue weighted by Gasteiger charge is 2.14. The van der Waals surface area contributed by atoms with Crippen LogP contribution in [0.3, 0.4) is 0 Å². The third-order valence-corrected chi connectivity index (χ3v) is 3.77. The number of aromatic nitrogens is 2. The summed E-state index contributed by atoms with van der Waals surface area (Å²) in [5.74, 6) is 0. The molecule has 0 aliphatic rings. The maximum absolute atomic E-state index is 12.3. The molecule has 2 rings (SSSR count). The number of rotatable bonds is 2. The molecule has 1 N–H and O–H groups in total. The van der Waals surface area contributed by atoms with Gasteiger partial charge in [-0.1, -0.05) is 18.5 Å². The second-order valence-electron chi connectivity index (χ2n) is 3.99. The van der Waals surface area contributed by atoms with E-state index in [9.17, 15) is 9.59 Å². The van der Waals surface area contributed by atoms with Crippen molar-refractivity contribution in [1.82, 2.24) is 9.55 Å². The second kappa shape index (κ2) is 5.65. The van der Waals surface area contributed by atoms with Crippen LogP contribution in [-0.2, 0) is 6.42 Å². The standard InChI is InChI=1S/C13H9BrClN3O2/c1-2-8-11(15)17-13(20)18(12(8)19)10-4-3-7(6-16)5-9(10)14/h3-5H,2H2,1H3,(H,17,20). The Hall–Kier alpha value is -1.84. The number of aromatic amines is 1. The molecular formula is C13H9BrClN3O2. The van der Waals surface area contributed by atoms with Crippen LogP contribution in [0.4, 0.5) is 0 Å². The highest BCUT2D eigenvalue weighted by atomic mass is 79.9. The van der Waals surface area contributed by atoms with Crippen molar-refractivity contribution >= 4 is 27.5 Å². The van der Waals surface area contributed by atoms with Gasteiger partial charge in [-0.2, -0.15) is 5.26 Å². The smallest absolute Gasteiger partial charge is 0.297 e. The van der Waals surface area contributed by atoms with E-state index in [2.05, 4.69) is 20.9 Å². The van der Waals surface area contributed by atoms with Gasteiger partial charge in [0.25, 0.3) is 5.56 Å². The first kappa shape index (κ1) is 14.6. The van der Waals surface area contributed by atoms with Crippen LogP contribution < -0.4 is 11.2 Å². The number of nitrogens with one attached hydrogen (secondary N) is 1. The molecule has 0 unspecified atom stereocenters. The van der Waals surface area contributed by atoms with Crippen molar-refractivity contribution in [2.24, 2.45) is 0 Å². The summed E-state index contributed by atoms with van der Waals surface area (Å²) in [6, 6.07) is 6.59. The number of nitriles is 1. The normalized spacial score (nSPS) is 10.3. The molecule has 1 aromatic carbocycles. The zero-order valence-electron chi connectivity index (χ0n) is 10.4. The zero-order chi connectivity index (χ0) is 14.9. The number of hydrogen-bond acceptors (Lipinski definition) is 3. The van der Waals surface area contributed by atoms with E-state index in [0.717, 1.165) is 4.57 Å². The maximum Gasteiger partial charge on any atom is 0.334 e. The van der Waals surface area contributed by atoms with Crippen LogP contribution in [0.2, 0.25) is 5.15 Å². The van der Waals surface area contributed by atoms with Crippen LogP contribution in [0.1, 0.15) is 18.1 Å². The quantitative estimate of drug-likeness (QED) is 0.841. The van der Waals surface area contributed by atoms with Gasteiger partial charge in [-0.25, -0.2) is 9.36 Å². The van der Waals surface area contributed by atoms with Crippen molar-refractivity contribution in [3.05, 3.63) is 59.8 Å². The van der Waals surface area contributed by atoms with E-state index in [0.29, 0.717) is 27.7 Å². The van der Waals surface area contributed by atoms with Crippen molar-refractivity contribution in [3.63, 3.8) is 0 Å². The molecule has 0 fully saturated rings. The number of benzene rings is 1. The van der Waals surface area contributed by atoms with Crippen molar-refractivity contribution in [1.29, 1.82) is 5.26 Å². The molecule has 0 saturated heterocycles. The van der Waals surface area contributed by atoms with Crippen LogP contribution in [-0.4, -0.2) is 9.55 Å². The average molecular weight is 355 g/mol. The summed E-state index contributed by atoms with van der Waals surface area (Å²) in [4.78, 5) is 26.7. The van der Waals surface area contributed by atoms with Crippen molar-refractivity contribution in [2.75, 3.05) is 0 Å². The highest BCUT2D eigenvalue weighted by molar-refractivity contribution is 9.10. The molecular weight excluding hydrogens is 346 g/mol. The maximum atomic E-state index is 12.3. The van der Waals surface area contributed by atoms with E-state index in [-0.39, 0.29) is 5.15 Å². The average Bonchev–Trinajstić information content (AvgIpc) is 2.40. The van der Waals surface area contributed by atoms with E-state index in [1.165, 1.54) is 12.1 Å². The van der Waals surface area contributed by atoms with Crippen LogP contribution >= 0.6 is 27.5 Å². The number of halogens is 2. The van der Waals surface area contributed by atoms with Gasteiger partial charge in [0.2, 0.25) is 0 Å². The largest absolute Gasteiger partial charge is 0.334 e. The molecule has 1 heterocycles. The lowest BCUT2D eigenvalue weighted by atomic mass is 10.2. The van der Waals surface area contributed by atoms with E-state index in [4.69, 9.17) is 16.9 Å². The first-order valence-electron chi connectivity index (χ1n) is 5.73. The summed E-state index contributed by atoms with van der Waals surface area (Å²) in [6.45, 7) is 1.78. The Labute approximate surface area is 127 Å². The molecule has 0 bridgehead atoms. The summed E-state index contributed by atoms with van der Waals surface area (Å²) >= 11 is 9.12. The van der Waals surface area contributed by atoms with E-state index >= 15 is 0 Å². The molecule has 0 aliphatic heterocycles. The van der Waals surface area contributed by atoms with Gasteiger partial charge < -0.3 is 0 Å².